The summed E-state index contributed by atoms with van der Waals surface area (Å²) in [6.45, 7) is 5.65. The maximum Gasteiger partial charge on any atom is 0.326 e. The second-order valence-electron chi connectivity index (χ2n) is 10.3. The van der Waals surface area contributed by atoms with E-state index in [1.807, 2.05) is 6.92 Å². The number of carboxylic acids is 1. The van der Waals surface area contributed by atoms with Crippen LogP contribution in [-0.2, 0) is 23.9 Å². The first kappa shape index (κ1) is 22.0. The molecule has 4 bridgehead atoms. The third-order valence-corrected chi connectivity index (χ3v) is 8.23. The molecule has 0 radical (unpaired) electrons. The minimum absolute atomic E-state index is 0.0268. The predicted molar refractivity (Wildman–Crippen MR) is 111 cm³/mol. The molecular formula is C23H32N2O6. The molecular weight excluding hydrogens is 400 g/mol. The van der Waals surface area contributed by atoms with Gasteiger partial charge in [0.2, 0.25) is 11.8 Å². The van der Waals surface area contributed by atoms with Crippen molar-refractivity contribution in [2.45, 2.75) is 77.0 Å². The molecule has 8 heteroatoms. The van der Waals surface area contributed by atoms with Gasteiger partial charge in [0.05, 0.1) is 11.7 Å². The minimum Gasteiger partial charge on any atom is -0.480 e. The maximum atomic E-state index is 13.0. The molecule has 2 amide bonds. The molecule has 0 aromatic rings. The highest BCUT2D eigenvalue weighted by molar-refractivity contribution is 5.96. The van der Waals surface area contributed by atoms with Crippen LogP contribution >= 0.6 is 0 Å². The largest absolute Gasteiger partial charge is 0.480 e. The Labute approximate surface area is 182 Å². The topological polar surface area (TPSA) is 122 Å². The summed E-state index contributed by atoms with van der Waals surface area (Å²) < 4.78 is 6.41. The van der Waals surface area contributed by atoms with Crippen molar-refractivity contribution in [3.63, 3.8) is 0 Å². The fourth-order valence-corrected chi connectivity index (χ4v) is 6.93. The van der Waals surface area contributed by atoms with E-state index in [1.165, 1.54) is 6.92 Å². The molecule has 2 saturated heterocycles. The number of carbonyl (C=O) groups excluding carboxylic acids is 3. The normalized spacial score (nSPS) is 40.5. The Kier molecular flexibility index (Phi) is 5.27. The summed E-state index contributed by atoms with van der Waals surface area (Å²) in [5.74, 6) is -1.19. The number of hydrogen-bond acceptors (Lipinski definition) is 5. The summed E-state index contributed by atoms with van der Waals surface area (Å²) in [7, 11) is 0. The Morgan fingerprint density at radius 1 is 1.32 bits per heavy atom. The summed E-state index contributed by atoms with van der Waals surface area (Å²) in [6.07, 6.45) is 7.28. The van der Waals surface area contributed by atoms with Crippen LogP contribution in [0.4, 0.5) is 0 Å². The van der Waals surface area contributed by atoms with Crippen LogP contribution in [0.2, 0.25) is 0 Å². The fraction of sp³-hybridized carbons (Fsp3) is 0.739. The van der Waals surface area contributed by atoms with Crippen LogP contribution in [-0.4, -0.2) is 53.0 Å². The van der Waals surface area contributed by atoms with Crippen LogP contribution in [0.15, 0.2) is 12.2 Å². The minimum atomic E-state index is -1.15. The van der Waals surface area contributed by atoms with Crippen molar-refractivity contribution in [2.24, 2.45) is 22.7 Å². The molecule has 170 valence electrons. The summed E-state index contributed by atoms with van der Waals surface area (Å²) in [4.78, 5) is 48.1. The number of amides is 2. The lowest BCUT2D eigenvalue weighted by Gasteiger charge is -2.55. The van der Waals surface area contributed by atoms with E-state index in [0.717, 1.165) is 19.3 Å². The summed E-state index contributed by atoms with van der Waals surface area (Å²) in [5.41, 5.74) is -0.850. The van der Waals surface area contributed by atoms with E-state index in [0.29, 0.717) is 12.3 Å². The quantitative estimate of drug-likeness (QED) is 0.535. The summed E-state index contributed by atoms with van der Waals surface area (Å²) >= 11 is 0. The van der Waals surface area contributed by atoms with E-state index < -0.39 is 23.3 Å². The van der Waals surface area contributed by atoms with Crippen LogP contribution in [0.1, 0.15) is 59.3 Å². The van der Waals surface area contributed by atoms with Gasteiger partial charge in [-0.25, -0.2) is 4.79 Å². The average Bonchev–Trinajstić information content (AvgIpc) is 3.04. The summed E-state index contributed by atoms with van der Waals surface area (Å²) in [6, 6.07) is -1.08. The smallest absolute Gasteiger partial charge is 0.326 e. The maximum absolute atomic E-state index is 13.0. The number of allylic oxidation sites excluding steroid dienone is 2. The van der Waals surface area contributed by atoms with Gasteiger partial charge < -0.3 is 20.5 Å². The van der Waals surface area contributed by atoms with Crippen molar-refractivity contribution in [3.8, 4) is 0 Å². The highest BCUT2D eigenvalue weighted by atomic mass is 16.5. The van der Waals surface area contributed by atoms with Crippen molar-refractivity contribution in [3.05, 3.63) is 12.2 Å². The van der Waals surface area contributed by atoms with Crippen LogP contribution in [0.3, 0.4) is 0 Å². The Bertz CT molecular complexity index is 855. The average molecular weight is 433 g/mol. The molecule has 3 aliphatic carbocycles. The Hall–Kier alpha value is -2.22. The fourth-order valence-electron chi connectivity index (χ4n) is 6.93. The van der Waals surface area contributed by atoms with Crippen LogP contribution in [0.5, 0.6) is 0 Å². The van der Waals surface area contributed by atoms with Crippen LogP contribution in [0, 0.1) is 22.7 Å². The number of carboxylic acid groups (broad SMARTS) is 1. The Morgan fingerprint density at radius 2 is 2.06 bits per heavy atom. The van der Waals surface area contributed by atoms with Crippen LogP contribution < -0.4 is 10.6 Å². The van der Waals surface area contributed by atoms with Crippen molar-refractivity contribution < 1.29 is 29.0 Å². The molecule has 2 heterocycles. The third-order valence-electron chi connectivity index (χ3n) is 8.23. The molecule has 2 aliphatic heterocycles. The molecule has 1 spiro atoms. The predicted octanol–water partition coefficient (Wildman–Crippen LogP) is 1.58. The van der Waals surface area contributed by atoms with E-state index in [2.05, 4.69) is 23.6 Å². The lowest BCUT2D eigenvalue weighted by molar-refractivity contribution is -0.169. The van der Waals surface area contributed by atoms with Gasteiger partial charge in [0.15, 0.2) is 5.78 Å². The van der Waals surface area contributed by atoms with Gasteiger partial charge in [-0.3, -0.25) is 14.4 Å². The van der Waals surface area contributed by atoms with Crippen molar-refractivity contribution in [1.29, 1.82) is 0 Å². The number of ketones is 1. The van der Waals surface area contributed by atoms with Gasteiger partial charge in [-0.15, -0.1) is 0 Å². The van der Waals surface area contributed by atoms with Crippen molar-refractivity contribution >= 4 is 23.6 Å². The lowest BCUT2D eigenvalue weighted by Crippen LogP contribution is -2.56. The highest BCUT2D eigenvalue weighted by Crippen LogP contribution is 2.71. The van der Waals surface area contributed by atoms with Gasteiger partial charge in [-0.1, -0.05) is 13.0 Å². The molecule has 2 saturated carbocycles. The van der Waals surface area contributed by atoms with Gasteiger partial charge in [0.1, 0.15) is 6.04 Å². The molecule has 8 nitrogen and oxygen atoms in total. The number of aliphatic carboxylic acids is 1. The first-order valence-corrected chi connectivity index (χ1v) is 11.2. The molecule has 3 N–H and O–H groups in total. The summed E-state index contributed by atoms with van der Waals surface area (Å²) in [5, 5.41) is 14.5. The van der Waals surface area contributed by atoms with Gasteiger partial charge >= 0.3 is 5.97 Å². The standard InChI is InChI=1S/C23H32N2O6/c1-13(26)24-9-6-15(20(29)30)25-18(28)5-7-21(2)17(27)4-8-23-11-14-10-16(19(21)23)31-22(14,3)12-23/h4,8,14-16,19H,5-7,9-12H2,1-3H3,(H,24,26)(H,25,28)(H,29,30)/t14-,15+,16+,19?,21-,22+,23+/m1/s1. The molecule has 1 unspecified atom stereocenters. The molecule has 7 atom stereocenters. The SMILES string of the molecule is CC(=O)NCC[C@H](NC(=O)CC[C@]1(C)C(=O)C=C[C@]23C[C@H]4C[C@H](O[C@@]4(C)C2)C31)C(=O)O. The van der Waals surface area contributed by atoms with E-state index in [9.17, 15) is 24.3 Å². The van der Waals surface area contributed by atoms with Crippen molar-refractivity contribution in [1.82, 2.24) is 10.6 Å². The number of nitrogens with one attached hydrogen (secondary N) is 2. The Morgan fingerprint density at radius 3 is 2.71 bits per heavy atom. The van der Waals surface area contributed by atoms with Gasteiger partial charge in [0.25, 0.3) is 0 Å². The van der Waals surface area contributed by atoms with Gasteiger partial charge in [-0.05, 0) is 56.4 Å². The highest BCUT2D eigenvalue weighted by Gasteiger charge is 2.71. The number of hydrogen-bond donors (Lipinski definition) is 3. The molecule has 0 aromatic carbocycles. The zero-order valence-electron chi connectivity index (χ0n) is 18.4. The molecule has 4 fully saturated rings. The van der Waals surface area contributed by atoms with Gasteiger partial charge in [0, 0.05) is 31.2 Å². The zero-order valence-corrected chi connectivity index (χ0v) is 18.4. The molecule has 5 rings (SSSR count). The first-order valence-electron chi connectivity index (χ1n) is 11.2. The zero-order chi connectivity index (χ0) is 22.6. The van der Waals surface area contributed by atoms with Crippen molar-refractivity contribution in [2.75, 3.05) is 6.54 Å². The van der Waals surface area contributed by atoms with Crippen LogP contribution in [0.25, 0.3) is 0 Å². The van der Waals surface area contributed by atoms with Gasteiger partial charge in [-0.2, -0.15) is 0 Å². The number of carbonyl (C=O) groups is 4. The first-order chi connectivity index (χ1) is 14.5. The third kappa shape index (κ3) is 3.58. The molecule has 31 heavy (non-hydrogen) atoms. The number of ether oxygens (including phenoxy) is 1. The molecule has 0 aromatic heterocycles. The second kappa shape index (κ2) is 7.43. The second-order valence-corrected chi connectivity index (χ2v) is 10.3. The van der Waals surface area contributed by atoms with E-state index >= 15 is 0 Å². The van der Waals surface area contributed by atoms with E-state index in [4.69, 9.17) is 4.74 Å². The lowest BCUT2D eigenvalue weighted by atomic mass is 9.51. The Balaban J connectivity index is 1.42. The number of rotatable bonds is 8. The van der Waals surface area contributed by atoms with E-state index in [1.54, 1.807) is 6.08 Å². The molecule has 5 aliphatic rings. The van der Waals surface area contributed by atoms with E-state index in [-0.39, 0.29) is 54.1 Å². The monoisotopic (exact) mass is 432 g/mol.